The number of nitrogens with one attached hydrogen (secondary N) is 1. The summed E-state index contributed by atoms with van der Waals surface area (Å²) in [6.45, 7) is 6.35. The van der Waals surface area contributed by atoms with Crippen LogP contribution >= 0.6 is 0 Å². The molecule has 0 saturated heterocycles. The highest BCUT2D eigenvalue weighted by molar-refractivity contribution is 6.43. The standard InChI is InChI=1S/C14H19NO2/c1-4-5-8-15-14(17)13(16)12-9-10(2)6-7-11(12)3/h6-7,9H,4-5,8H2,1-3H3,(H,15,17). The zero-order valence-corrected chi connectivity index (χ0v) is 10.7. The molecule has 1 rings (SSSR count). The van der Waals surface area contributed by atoms with Crippen molar-refractivity contribution in [2.24, 2.45) is 0 Å². The number of rotatable bonds is 5. The van der Waals surface area contributed by atoms with Gasteiger partial charge >= 0.3 is 0 Å². The van der Waals surface area contributed by atoms with Crippen molar-refractivity contribution in [3.05, 3.63) is 34.9 Å². The van der Waals surface area contributed by atoms with Crippen molar-refractivity contribution >= 4 is 11.7 Å². The van der Waals surface area contributed by atoms with Gasteiger partial charge in [0.15, 0.2) is 0 Å². The molecule has 0 atom stereocenters. The van der Waals surface area contributed by atoms with Crippen molar-refractivity contribution < 1.29 is 9.59 Å². The van der Waals surface area contributed by atoms with Crippen LogP contribution in [0.2, 0.25) is 0 Å². The first-order valence-corrected chi connectivity index (χ1v) is 5.96. The minimum absolute atomic E-state index is 0.442. The first-order valence-electron chi connectivity index (χ1n) is 5.96. The summed E-state index contributed by atoms with van der Waals surface area (Å²) in [6.07, 6.45) is 1.89. The summed E-state index contributed by atoms with van der Waals surface area (Å²) in [5.74, 6) is -0.950. The number of carbonyl (C=O) groups excluding carboxylic acids is 2. The summed E-state index contributed by atoms with van der Waals surface area (Å²) in [7, 11) is 0. The van der Waals surface area contributed by atoms with Crippen molar-refractivity contribution in [1.29, 1.82) is 0 Å². The van der Waals surface area contributed by atoms with Crippen LogP contribution in [0.4, 0.5) is 0 Å². The van der Waals surface area contributed by atoms with Gasteiger partial charge in [-0.25, -0.2) is 0 Å². The van der Waals surface area contributed by atoms with Crippen LogP contribution in [0.15, 0.2) is 18.2 Å². The SMILES string of the molecule is CCCCNC(=O)C(=O)c1cc(C)ccc1C. The second kappa shape index (κ2) is 6.18. The van der Waals surface area contributed by atoms with E-state index < -0.39 is 11.7 Å². The fourth-order valence-corrected chi connectivity index (χ4v) is 1.56. The van der Waals surface area contributed by atoms with Gasteiger partial charge in [0.1, 0.15) is 0 Å². The Balaban J connectivity index is 2.75. The molecule has 0 saturated carbocycles. The second-order valence-electron chi connectivity index (χ2n) is 4.26. The van der Waals surface area contributed by atoms with E-state index in [1.54, 1.807) is 6.07 Å². The zero-order valence-electron chi connectivity index (χ0n) is 10.7. The van der Waals surface area contributed by atoms with Gasteiger partial charge in [0.2, 0.25) is 5.78 Å². The lowest BCUT2D eigenvalue weighted by atomic mass is 10.0. The molecule has 0 fully saturated rings. The zero-order chi connectivity index (χ0) is 12.8. The van der Waals surface area contributed by atoms with Gasteiger partial charge in [0.05, 0.1) is 0 Å². The number of amides is 1. The Bertz CT molecular complexity index is 424. The van der Waals surface area contributed by atoms with Crippen LogP contribution in [0, 0.1) is 13.8 Å². The summed E-state index contributed by atoms with van der Waals surface area (Å²) < 4.78 is 0. The molecular formula is C14H19NO2. The van der Waals surface area contributed by atoms with Gasteiger partial charge in [-0.05, 0) is 31.9 Å². The van der Waals surface area contributed by atoms with Gasteiger partial charge < -0.3 is 5.32 Å². The van der Waals surface area contributed by atoms with Gasteiger partial charge in [-0.3, -0.25) is 9.59 Å². The lowest BCUT2D eigenvalue weighted by Crippen LogP contribution is -2.32. The molecule has 1 amide bonds. The molecule has 0 aliphatic rings. The normalized spacial score (nSPS) is 10.1. The van der Waals surface area contributed by atoms with Gasteiger partial charge in [0, 0.05) is 12.1 Å². The van der Waals surface area contributed by atoms with Crippen LogP contribution in [0.5, 0.6) is 0 Å². The van der Waals surface area contributed by atoms with E-state index in [-0.39, 0.29) is 0 Å². The van der Waals surface area contributed by atoms with E-state index in [9.17, 15) is 9.59 Å². The molecule has 0 aliphatic carbocycles. The quantitative estimate of drug-likeness (QED) is 0.482. The molecule has 0 bridgehead atoms. The Kier molecular flexibility index (Phi) is 4.88. The van der Waals surface area contributed by atoms with Crippen LogP contribution in [0.3, 0.4) is 0 Å². The maximum Gasteiger partial charge on any atom is 0.292 e. The highest BCUT2D eigenvalue weighted by Gasteiger charge is 2.17. The third-order valence-corrected chi connectivity index (χ3v) is 2.66. The first-order chi connectivity index (χ1) is 8.06. The first kappa shape index (κ1) is 13.4. The number of unbranched alkanes of at least 4 members (excludes halogenated alkanes) is 1. The van der Waals surface area contributed by atoms with E-state index >= 15 is 0 Å². The number of aryl methyl sites for hydroxylation is 2. The lowest BCUT2D eigenvalue weighted by molar-refractivity contribution is -0.117. The van der Waals surface area contributed by atoms with Crippen molar-refractivity contribution in [3.63, 3.8) is 0 Å². The molecule has 3 nitrogen and oxygen atoms in total. The number of benzene rings is 1. The molecule has 0 heterocycles. The third-order valence-electron chi connectivity index (χ3n) is 2.66. The molecule has 92 valence electrons. The van der Waals surface area contributed by atoms with Crippen LogP contribution in [-0.4, -0.2) is 18.2 Å². The van der Waals surface area contributed by atoms with Crippen LogP contribution in [-0.2, 0) is 4.79 Å². The van der Waals surface area contributed by atoms with E-state index in [2.05, 4.69) is 5.32 Å². The molecule has 0 radical (unpaired) electrons. The van der Waals surface area contributed by atoms with E-state index in [1.165, 1.54) is 0 Å². The maximum absolute atomic E-state index is 11.9. The summed E-state index contributed by atoms with van der Waals surface area (Å²) in [6, 6.07) is 5.56. The minimum atomic E-state index is -0.507. The molecule has 1 aromatic carbocycles. The monoisotopic (exact) mass is 233 g/mol. The Morgan fingerprint density at radius 3 is 2.59 bits per heavy atom. The smallest absolute Gasteiger partial charge is 0.292 e. The van der Waals surface area contributed by atoms with E-state index in [4.69, 9.17) is 0 Å². The highest BCUT2D eigenvalue weighted by atomic mass is 16.2. The summed E-state index contributed by atoms with van der Waals surface area (Å²) >= 11 is 0. The minimum Gasteiger partial charge on any atom is -0.349 e. The van der Waals surface area contributed by atoms with Gasteiger partial charge in [-0.1, -0.05) is 31.0 Å². The Hall–Kier alpha value is -1.64. The van der Waals surface area contributed by atoms with Crippen LogP contribution in [0.25, 0.3) is 0 Å². The van der Waals surface area contributed by atoms with Crippen molar-refractivity contribution in [2.75, 3.05) is 6.54 Å². The van der Waals surface area contributed by atoms with E-state index in [1.807, 2.05) is 32.9 Å². The summed E-state index contributed by atoms with van der Waals surface area (Å²) in [5, 5.41) is 2.64. The van der Waals surface area contributed by atoms with Crippen molar-refractivity contribution in [3.8, 4) is 0 Å². The number of carbonyl (C=O) groups is 2. The lowest BCUT2D eigenvalue weighted by Gasteiger charge is -2.06. The summed E-state index contributed by atoms with van der Waals surface area (Å²) in [4.78, 5) is 23.5. The van der Waals surface area contributed by atoms with Gasteiger partial charge in [-0.2, -0.15) is 0 Å². The molecule has 1 aromatic rings. The molecule has 0 aromatic heterocycles. The van der Waals surface area contributed by atoms with Gasteiger partial charge in [0.25, 0.3) is 5.91 Å². The largest absolute Gasteiger partial charge is 0.349 e. The van der Waals surface area contributed by atoms with E-state index in [0.29, 0.717) is 12.1 Å². The average Bonchev–Trinajstić information content (AvgIpc) is 2.31. The fraction of sp³-hybridized carbons (Fsp3) is 0.429. The number of Topliss-reactive ketones (excluding diaryl/α,β-unsaturated/α-hetero) is 1. The van der Waals surface area contributed by atoms with Crippen molar-refractivity contribution in [2.45, 2.75) is 33.6 Å². The summed E-state index contributed by atoms with van der Waals surface area (Å²) in [5.41, 5.74) is 2.32. The Labute approximate surface area is 102 Å². The molecule has 1 N–H and O–H groups in total. The van der Waals surface area contributed by atoms with E-state index in [0.717, 1.165) is 24.0 Å². The number of hydrogen-bond acceptors (Lipinski definition) is 2. The van der Waals surface area contributed by atoms with Gasteiger partial charge in [-0.15, -0.1) is 0 Å². The predicted octanol–water partition coefficient (Wildman–Crippen LogP) is 2.40. The second-order valence-corrected chi connectivity index (χ2v) is 4.26. The number of hydrogen-bond donors (Lipinski definition) is 1. The Morgan fingerprint density at radius 1 is 1.24 bits per heavy atom. The predicted molar refractivity (Wildman–Crippen MR) is 68.2 cm³/mol. The molecule has 17 heavy (non-hydrogen) atoms. The molecule has 0 spiro atoms. The van der Waals surface area contributed by atoms with Crippen LogP contribution < -0.4 is 5.32 Å². The third kappa shape index (κ3) is 3.70. The molecule has 0 unspecified atom stereocenters. The molecule has 3 heteroatoms. The van der Waals surface area contributed by atoms with Crippen LogP contribution in [0.1, 0.15) is 41.3 Å². The average molecular weight is 233 g/mol. The molecule has 0 aliphatic heterocycles. The topological polar surface area (TPSA) is 46.2 Å². The molecular weight excluding hydrogens is 214 g/mol. The highest BCUT2D eigenvalue weighted by Crippen LogP contribution is 2.11. The number of ketones is 1. The van der Waals surface area contributed by atoms with Crippen molar-refractivity contribution in [1.82, 2.24) is 5.32 Å². The Morgan fingerprint density at radius 2 is 1.94 bits per heavy atom. The maximum atomic E-state index is 11.9. The fourth-order valence-electron chi connectivity index (χ4n) is 1.56.